The third kappa shape index (κ3) is 1.60. The Bertz CT molecular complexity index is 469. The summed E-state index contributed by atoms with van der Waals surface area (Å²) in [5, 5.41) is 10.7. The number of aryl methyl sites for hydroxylation is 1. The van der Waals surface area contributed by atoms with Crippen molar-refractivity contribution in [3.63, 3.8) is 0 Å². The molecule has 5 nitrogen and oxygen atoms in total. The predicted molar refractivity (Wildman–Crippen MR) is 53.2 cm³/mol. The van der Waals surface area contributed by atoms with Crippen molar-refractivity contribution in [2.75, 3.05) is 0 Å². The quantitative estimate of drug-likeness (QED) is 0.787. The maximum Gasteiger partial charge on any atom is 0.284 e. The molecule has 1 N–H and O–H groups in total. The second-order valence-corrected chi connectivity index (χ2v) is 3.23. The summed E-state index contributed by atoms with van der Waals surface area (Å²) in [7, 11) is 0. The summed E-state index contributed by atoms with van der Waals surface area (Å²) in [6.45, 7) is 2.93. The Balaban J connectivity index is 2.40. The number of aromatic amines is 1. The van der Waals surface area contributed by atoms with Crippen LogP contribution in [0, 0.1) is 4.84 Å². The van der Waals surface area contributed by atoms with Gasteiger partial charge < -0.3 is 4.42 Å². The third-order valence-corrected chi connectivity index (χ3v) is 1.98. The molecule has 0 saturated carbocycles. The van der Waals surface area contributed by atoms with Crippen LogP contribution in [0.25, 0.3) is 11.6 Å². The molecule has 0 radical (unpaired) electrons. The van der Waals surface area contributed by atoms with Crippen LogP contribution in [0.2, 0.25) is 0 Å². The van der Waals surface area contributed by atoms with E-state index in [1.54, 1.807) is 6.20 Å². The van der Waals surface area contributed by atoms with E-state index in [0.717, 1.165) is 18.7 Å². The van der Waals surface area contributed by atoms with Gasteiger partial charge >= 0.3 is 0 Å². The van der Waals surface area contributed by atoms with Gasteiger partial charge in [0.25, 0.3) is 10.7 Å². The van der Waals surface area contributed by atoms with E-state index in [9.17, 15) is 0 Å². The number of aromatic nitrogens is 4. The van der Waals surface area contributed by atoms with E-state index in [1.165, 1.54) is 0 Å². The smallest absolute Gasteiger partial charge is 0.284 e. The highest BCUT2D eigenvalue weighted by molar-refractivity contribution is 7.71. The van der Waals surface area contributed by atoms with E-state index in [1.807, 2.05) is 10.7 Å². The largest absolute Gasteiger partial charge is 0.408 e. The maximum atomic E-state index is 5.20. The van der Waals surface area contributed by atoms with E-state index < -0.39 is 0 Å². The van der Waals surface area contributed by atoms with Crippen molar-refractivity contribution >= 4 is 12.2 Å². The van der Waals surface area contributed by atoms with Crippen LogP contribution in [-0.2, 0) is 6.54 Å². The van der Waals surface area contributed by atoms with Gasteiger partial charge in [0.1, 0.15) is 5.69 Å². The number of hydrogen-bond donors (Lipinski definition) is 1. The fraction of sp³-hybridized carbons (Fsp3) is 0.375. The van der Waals surface area contributed by atoms with Crippen LogP contribution < -0.4 is 0 Å². The Morgan fingerprint density at radius 2 is 2.50 bits per heavy atom. The van der Waals surface area contributed by atoms with Gasteiger partial charge in [0.15, 0.2) is 0 Å². The molecule has 2 aromatic rings. The normalized spacial score (nSPS) is 10.6. The SMILES string of the molecule is CCCn1nccc1-c1n[nH]c(=S)o1. The monoisotopic (exact) mass is 210 g/mol. The van der Waals surface area contributed by atoms with Crippen molar-refractivity contribution in [2.45, 2.75) is 19.9 Å². The Labute approximate surface area is 85.8 Å². The first kappa shape index (κ1) is 9.14. The fourth-order valence-corrected chi connectivity index (χ4v) is 1.37. The molecule has 0 atom stereocenters. The molecule has 2 heterocycles. The second kappa shape index (κ2) is 3.75. The van der Waals surface area contributed by atoms with E-state index in [2.05, 4.69) is 22.2 Å². The molecule has 14 heavy (non-hydrogen) atoms. The van der Waals surface area contributed by atoms with E-state index in [0.29, 0.717) is 5.89 Å². The van der Waals surface area contributed by atoms with Crippen LogP contribution in [0.5, 0.6) is 0 Å². The Kier molecular flexibility index (Phi) is 2.45. The fourth-order valence-electron chi connectivity index (χ4n) is 1.24. The van der Waals surface area contributed by atoms with Crippen LogP contribution in [-0.4, -0.2) is 20.0 Å². The van der Waals surface area contributed by atoms with Crippen molar-refractivity contribution in [2.24, 2.45) is 0 Å². The molecule has 2 rings (SSSR count). The average molecular weight is 210 g/mol. The summed E-state index contributed by atoms with van der Waals surface area (Å²) in [4.78, 5) is 0.282. The molecule has 0 fully saturated rings. The molecular formula is C8H10N4OS. The van der Waals surface area contributed by atoms with Gasteiger partial charge in [-0.15, -0.1) is 5.10 Å². The molecule has 0 aliphatic rings. The van der Waals surface area contributed by atoms with Gasteiger partial charge in [-0.1, -0.05) is 6.92 Å². The predicted octanol–water partition coefficient (Wildman–Crippen LogP) is 2.01. The second-order valence-electron chi connectivity index (χ2n) is 2.86. The third-order valence-electron chi connectivity index (χ3n) is 1.81. The standard InChI is InChI=1S/C8H10N4OS/c1-2-5-12-6(3-4-9-12)7-10-11-8(14)13-7/h3-4H,2,5H2,1H3,(H,11,14). The number of nitrogens with zero attached hydrogens (tertiary/aromatic N) is 3. The molecule has 0 saturated heterocycles. The molecule has 0 bridgehead atoms. The number of rotatable bonds is 3. The molecule has 0 spiro atoms. The van der Waals surface area contributed by atoms with Crippen LogP contribution in [0.3, 0.4) is 0 Å². The summed E-state index contributed by atoms with van der Waals surface area (Å²) in [6, 6.07) is 1.85. The molecule has 0 aliphatic heterocycles. The van der Waals surface area contributed by atoms with Gasteiger partial charge in [-0.05, 0) is 24.7 Å². The summed E-state index contributed by atoms with van der Waals surface area (Å²) >= 11 is 4.80. The van der Waals surface area contributed by atoms with Crippen molar-refractivity contribution < 1.29 is 4.42 Å². The van der Waals surface area contributed by atoms with Gasteiger partial charge in [0.05, 0.1) is 0 Å². The molecule has 0 aromatic carbocycles. The zero-order chi connectivity index (χ0) is 9.97. The van der Waals surface area contributed by atoms with Crippen molar-refractivity contribution in [1.82, 2.24) is 20.0 Å². The van der Waals surface area contributed by atoms with Crippen molar-refractivity contribution in [3.8, 4) is 11.6 Å². The highest BCUT2D eigenvalue weighted by atomic mass is 32.1. The lowest BCUT2D eigenvalue weighted by Gasteiger charge is -2.00. The number of nitrogens with one attached hydrogen (secondary N) is 1. The Hall–Kier alpha value is -1.43. The van der Waals surface area contributed by atoms with E-state index in [-0.39, 0.29) is 4.84 Å². The zero-order valence-corrected chi connectivity index (χ0v) is 8.54. The minimum absolute atomic E-state index is 0.282. The van der Waals surface area contributed by atoms with Crippen molar-refractivity contribution in [3.05, 3.63) is 17.1 Å². The summed E-state index contributed by atoms with van der Waals surface area (Å²) in [6.07, 6.45) is 2.73. The van der Waals surface area contributed by atoms with E-state index >= 15 is 0 Å². The summed E-state index contributed by atoms with van der Waals surface area (Å²) in [5.41, 5.74) is 0.846. The Morgan fingerprint density at radius 1 is 1.64 bits per heavy atom. The number of H-pyrrole nitrogens is 1. The van der Waals surface area contributed by atoms with Gasteiger partial charge in [0.2, 0.25) is 0 Å². The molecular weight excluding hydrogens is 200 g/mol. The minimum Gasteiger partial charge on any atom is -0.408 e. The van der Waals surface area contributed by atoms with E-state index in [4.69, 9.17) is 16.6 Å². The minimum atomic E-state index is 0.282. The molecule has 0 amide bonds. The van der Waals surface area contributed by atoms with Gasteiger partial charge in [-0.2, -0.15) is 5.10 Å². The molecule has 6 heteroatoms. The first-order valence-electron chi connectivity index (χ1n) is 4.39. The summed E-state index contributed by atoms with van der Waals surface area (Å²) < 4.78 is 7.04. The van der Waals surface area contributed by atoms with Gasteiger partial charge in [0, 0.05) is 12.7 Å². The lowest BCUT2D eigenvalue weighted by molar-refractivity contribution is 0.533. The van der Waals surface area contributed by atoms with Gasteiger partial charge in [-0.25, -0.2) is 5.10 Å². The first-order chi connectivity index (χ1) is 6.81. The molecule has 0 aliphatic carbocycles. The molecule has 2 aromatic heterocycles. The highest BCUT2D eigenvalue weighted by Crippen LogP contribution is 2.15. The topological polar surface area (TPSA) is 59.6 Å². The Morgan fingerprint density at radius 3 is 3.14 bits per heavy atom. The zero-order valence-electron chi connectivity index (χ0n) is 7.73. The van der Waals surface area contributed by atoms with Gasteiger partial charge in [-0.3, -0.25) is 4.68 Å². The van der Waals surface area contributed by atoms with Crippen LogP contribution >= 0.6 is 12.2 Å². The first-order valence-corrected chi connectivity index (χ1v) is 4.79. The van der Waals surface area contributed by atoms with Crippen molar-refractivity contribution in [1.29, 1.82) is 0 Å². The van der Waals surface area contributed by atoms with Crippen LogP contribution in [0.1, 0.15) is 13.3 Å². The molecule has 74 valence electrons. The maximum absolute atomic E-state index is 5.20. The number of hydrogen-bond acceptors (Lipinski definition) is 4. The summed E-state index contributed by atoms with van der Waals surface area (Å²) in [5.74, 6) is 0.487. The molecule has 0 unspecified atom stereocenters. The lowest BCUT2D eigenvalue weighted by atomic mass is 10.4. The lowest BCUT2D eigenvalue weighted by Crippen LogP contribution is -2.00. The van der Waals surface area contributed by atoms with Crippen LogP contribution in [0.4, 0.5) is 0 Å². The van der Waals surface area contributed by atoms with Crippen LogP contribution in [0.15, 0.2) is 16.7 Å². The highest BCUT2D eigenvalue weighted by Gasteiger charge is 2.09. The average Bonchev–Trinajstić information content (AvgIpc) is 2.74.